The molecule has 0 aromatic heterocycles. The molecule has 3 atom stereocenters. The molecule has 1 aromatic carbocycles. The highest BCUT2D eigenvalue weighted by Gasteiger charge is 2.41. The molecule has 0 radical (unpaired) electrons. The molecule has 2 fully saturated rings. The molecule has 0 bridgehead atoms. The van der Waals surface area contributed by atoms with E-state index in [9.17, 15) is 5.11 Å². The van der Waals surface area contributed by atoms with Crippen molar-refractivity contribution >= 4 is 11.4 Å². The lowest BCUT2D eigenvalue weighted by atomic mass is 10.00. The van der Waals surface area contributed by atoms with Crippen LogP contribution in [0.3, 0.4) is 0 Å². The van der Waals surface area contributed by atoms with Crippen molar-refractivity contribution in [2.75, 3.05) is 23.7 Å². The van der Waals surface area contributed by atoms with Crippen molar-refractivity contribution in [2.45, 2.75) is 18.9 Å². The smallest absolute Gasteiger partial charge is 0.0588 e. The molecule has 1 saturated heterocycles. The van der Waals surface area contributed by atoms with Crippen LogP contribution in [0.2, 0.25) is 0 Å². The Bertz CT molecular complexity index is 376. The third kappa shape index (κ3) is 1.55. The summed E-state index contributed by atoms with van der Waals surface area (Å²) in [5.41, 5.74) is 7.72. The normalized spacial score (nSPS) is 33.1. The highest BCUT2D eigenvalue weighted by molar-refractivity contribution is 5.54. The monoisotopic (exact) mass is 218 g/mol. The predicted molar refractivity (Wildman–Crippen MR) is 65.3 cm³/mol. The van der Waals surface area contributed by atoms with Crippen LogP contribution in [0.15, 0.2) is 24.3 Å². The van der Waals surface area contributed by atoms with Gasteiger partial charge in [0.2, 0.25) is 0 Å². The van der Waals surface area contributed by atoms with E-state index in [1.54, 1.807) is 0 Å². The maximum Gasteiger partial charge on any atom is 0.0588 e. The van der Waals surface area contributed by atoms with Crippen LogP contribution in [0.25, 0.3) is 0 Å². The highest BCUT2D eigenvalue weighted by Crippen LogP contribution is 2.39. The number of anilines is 2. The molecule has 1 aliphatic heterocycles. The fraction of sp³-hybridized carbons (Fsp3) is 0.538. The van der Waals surface area contributed by atoms with Gasteiger partial charge in [0.15, 0.2) is 0 Å². The Morgan fingerprint density at radius 1 is 1.12 bits per heavy atom. The van der Waals surface area contributed by atoms with Crippen LogP contribution < -0.4 is 10.6 Å². The molecule has 2 aliphatic rings. The third-order valence-electron chi connectivity index (χ3n) is 4.08. The molecule has 1 aromatic rings. The molecular formula is C13H18N2O. The number of nitrogen functional groups attached to an aromatic ring is 1. The van der Waals surface area contributed by atoms with Crippen LogP contribution in [0, 0.1) is 11.8 Å². The Kier molecular flexibility index (Phi) is 2.28. The number of nitrogens with two attached hydrogens (primary N) is 1. The Balaban J connectivity index is 1.76. The zero-order valence-corrected chi connectivity index (χ0v) is 9.34. The molecule has 0 spiro atoms. The van der Waals surface area contributed by atoms with Gasteiger partial charge >= 0.3 is 0 Å². The van der Waals surface area contributed by atoms with Gasteiger partial charge in [-0.1, -0.05) is 0 Å². The van der Waals surface area contributed by atoms with Gasteiger partial charge in [0, 0.05) is 30.4 Å². The van der Waals surface area contributed by atoms with E-state index in [1.165, 1.54) is 12.1 Å². The molecule has 1 heterocycles. The van der Waals surface area contributed by atoms with Gasteiger partial charge in [0.05, 0.1) is 6.10 Å². The highest BCUT2D eigenvalue weighted by atomic mass is 16.3. The van der Waals surface area contributed by atoms with E-state index in [-0.39, 0.29) is 6.10 Å². The summed E-state index contributed by atoms with van der Waals surface area (Å²) in [5.74, 6) is 1.17. The van der Waals surface area contributed by atoms with Crippen molar-refractivity contribution in [1.82, 2.24) is 0 Å². The average Bonchev–Trinajstić information content (AvgIpc) is 2.83. The van der Waals surface area contributed by atoms with Crippen LogP contribution in [-0.2, 0) is 0 Å². The standard InChI is InChI=1S/C13H18N2O/c14-10-2-4-11(5-3-10)15-7-9-1-6-13(16)12(9)8-15/h2-5,9,12-13,16H,1,6-8,14H2. The first-order valence-electron chi connectivity index (χ1n) is 6.02. The summed E-state index contributed by atoms with van der Waals surface area (Å²) in [5, 5.41) is 9.86. The topological polar surface area (TPSA) is 49.5 Å². The zero-order chi connectivity index (χ0) is 11.1. The molecule has 86 valence electrons. The second-order valence-electron chi connectivity index (χ2n) is 5.07. The quantitative estimate of drug-likeness (QED) is 0.702. The predicted octanol–water partition coefficient (Wildman–Crippen LogP) is 1.48. The summed E-state index contributed by atoms with van der Waals surface area (Å²) < 4.78 is 0. The first-order chi connectivity index (χ1) is 7.74. The molecule has 3 nitrogen and oxygen atoms in total. The van der Waals surface area contributed by atoms with Crippen molar-refractivity contribution in [2.24, 2.45) is 11.8 Å². The van der Waals surface area contributed by atoms with Gasteiger partial charge < -0.3 is 15.7 Å². The van der Waals surface area contributed by atoms with E-state index in [0.29, 0.717) is 11.8 Å². The lowest BCUT2D eigenvalue weighted by Gasteiger charge is -2.20. The molecule has 3 heteroatoms. The average molecular weight is 218 g/mol. The minimum atomic E-state index is -0.0798. The van der Waals surface area contributed by atoms with Crippen molar-refractivity contribution in [3.63, 3.8) is 0 Å². The number of benzene rings is 1. The van der Waals surface area contributed by atoms with E-state index >= 15 is 0 Å². The van der Waals surface area contributed by atoms with Gasteiger partial charge in [-0.3, -0.25) is 0 Å². The fourth-order valence-electron chi connectivity index (χ4n) is 3.13. The largest absolute Gasteiger partial charge is 0.399 e. The molecule has 16 heavy (non-hydrogen) atoms. The number of rotatable bonds is 1. The lowest BCUT2D eigenvalue weighted by Crippen LogP contribution is -2.24. The summed E-state index contributed by atoms with van der Waals surface area (Å²) in [6, 6.07) is 8.03. The van der Waals surface area contributed by atoms with Crippen LogP contribution in [0.5, 0.6) is 0 Å². The van der Waals surface area contributed by atoms with Crippen molar-refractivity contribution in [1.29, 1.82) is 0 Å². The minimum absolute atomic E-state index is 0.0798. The molecule has 3 unspecified atom stereocenters. The van der Waals surface area contributed by atoms with E-state index in [1.807, 2.05) is 12.1 Å². The molecule has 3 rings (SSSR count). The minimum Gasteiger partial charge on any atom is -0.399 e. The Morgan fingerprint density at radius 3 is 2.56 bits per heavy atom. The molecule has 0 amide bonds. The molecule has 3 N–H and O–H groups in total. The van der Waals surface area contributed by atoms with E-state index in [2.05, 4.69) is 17.0 Å². The maximum atomic E-state index is 9.86. The number of aliphatic hydroxyl groups is 1. The zero-order valence-electron chi connectivity index (χ0n) is 9.34. The first kappa shape index (κ1) is 9.97. The van der Waals surface area contributed by atoms with Gasteiger partial charge in [0.1, 0.15) is 0 Å². The Labute approximate surface area is 95.9 Å². The molecule has 1 aliphatic carbocycles. The lowest BCUT2D eigenvalue weighted by molar-refractivity contribution is 0.133. The fourth-order valence-corrected chi connectivity index (χ4v) is 3.13. The number of aliphatic hydroxyl groups excluding tert-OH is 1. The van der Waals surface area contributed by atoms with Crippen LogP contribution in [0.1, 0.15) is 12.8 Å². The SMILES string of the molecule is Nc1ccc(N2CC3CCC(O)C3C2)cc1. The van der Waals surface area contributed by atoms with Gasteiger partial charge in [-0.05, 0) is 43.0 Å². The number of nitrogens with zero attached hydrogens (tertiary/aromatic N) is 1. The van der Waals surface area contributed by atoms with Crippen molar-refractivity contribution in [3.8, 4) is 0 Å². The second kappa shape index (κ2) is 3.67. The Morgan fingerprint density at radius 2 is 1.88 bits per heavy atom. The summed E-state index contributed by atoms with van der Waals surface area (Å²) in [4.78, 5) is 2.37. The maximum absolute atomic E-state index is 9.86. The van der Waals surface area contributed by atoms with Crippen molar-refractivity contribution in [3.05, 3.63) is 24.3 Å². The van der Waals surface area contributed by atoms with Gasteiger partial charge in [-0.2, -0.15) is 0 Å². The van der Waals surface area contributed by atoms with Crippen molar-refractivity contribution < 1.29 is 5.11 Å². The van der Waals surface area contributed by atoms with E-state index < -0.39 is 0 Å². The molecular weight excluding hydrogens is 200 g/mol. The Hall–Kier alpha value is -1.22. The number of hydrogen-bond acceptors (Lipinski definition) is 3. The first-order valence-corrected chi connectivity index (χ1v) is 6.02. The summed E-state index contributed by atoms with van der Waals surface area (Å²) in [6.07, 6.45) is 2.09. The summed E-state index contributed by atoms with van der Waals surface area (Å²) in [7, 11) is 0. The summed E-state index contributed by atoms with van der Waals surface area (Å²) >= 11 is 0. The molecule has 1 saturated carbocycles. The second-order valence-corrected chi connectivity index (χ2v) is 5.07. The summed E-state index contributed by atoms with van der Waals surface area (Å²) in [6.45, 7) is 2.08. The third-order valence-corrected chi connectivity index (χ3v) is 4.08. The van der Waals surface area contributed by atoms with Gasteiger partial charge in [-0.15, -0.1) is 0 Å². The van der Waals surface area contributed by atoms with E-state index in [4.69, 9.17) is 5.73 Å². The van der Waals surface area contributed by atoms with Crippen LogP contribution in [-0.4, -0.2) is 24.3 Å². The van der Waals surface area contributed by atoms with Gasteiger partial charge in [0.25, 0.3) is 0 Å². The number of fused-ring (bicyclic) bond motifs is 1. The van der Waals surface area contributed by atoms with Gasteiger partial charge in [-0.25, -0.2) is 0 Å². The van der Waals surface area contributed by atoms with Crippen LogP contribution >= 0.6 is 0 Å². The van der Waals surface area contributed by atoms with Crippen LogP contribution in [0.4, 0.5) is 11.4 Å². The van der Waals surface area contributed by atoms with E-state index in [0.717, 1.165) is 25.2 Å². The number of hydrogen-bond donors (Lipinski definition) is 2.